The summed E-state index contributed by atoms with van der Waals surface area (Å²) in [4.78, 5) is 0. The molecule has 0 atom stereocenters. The van der Waals surface area contributed by atoms with Crippen molar-refractivity contribution in [2.24, 2.45) is 0 Å². The van der Waals surface area contributed by atoms with E-state index in [2.05, 4.69) is 0 Å². The fourth-order valence-electron chi connectivity index (χ4n) is 2.79. The minimum absolute atomic E-state index is 0.611. The molecule has 0 aliphatic rings. The topological polar surface area (TPSA) is 27.7 Å². The minimum Gasteiger partial charge on any atom is -0.489 e. The quantitative estimate of drug-likeness (QED) is 0.267. The van der Waals surface area contributed by atoms with Crippen molar-refractivity contribution >= 4 is 7.32 Å². The summed E-state index contributed by atoms with van der Waals surface area (Å²) in [5.41, 5.74) is -4.04. The Labute approximate surface area is 186 Å². The van der Waals surface area contributed by atoms with Gasteiger partial charge in [-0.1, -0.05) is 36.4 Å². The van der Waals surface area contributed by atoms with E-state index in [9.17, 15) is 39.5 Å². The first kappa shape index (κ1) is 25.1. The fourth-order valence-corrected chi connectivity index (χ4v) is 2.79. The Hall–Kier alpha value is -3.51. The van der Waals surface area contributed by atoms with Crippen LogP contribution in [0.5, 0.6) is 17.2 Å². The van der Waals surface area contributed by atoms with Crippen LogP contribution in [0.25, 0.3) is 0 Å². The molecule has 0 amide bonds. The Bertz CT molecular complexity index is 986. The molecule has 34 heavy (non-hydrogen) atoms. The zero-order valence-electron chi connectivity index (χ0n) is 16.6. The van der Waals surface area contributed by atoms with Crippen molar-refractivity contribution in [3.05, 3.63) is 89.5 Å². The highest BCUT2D eigenvalue weighted by atomic mass is 19.4. The third-order valence-corrected chi connectivity index (χ3v) is 4.25. The molecule has 13 heteroatoms. The zero-order chi connectivity index (χ0) is 25.1. The first-order valence-electron chi connectivity index (χ1n) is 9.25. The van der Waals surface area contributed by atoms with Crippen LogP contribution in [0.2, 0.25) is 0 Å². The minimum atomic E-state index is -4.95. The van der Waals surface area contributed by atoms with Crippen molar-refractivity contribution < 1.29 is 53.5 Å². The third kappa shape index (κ3) is 6.09. The highest BCUT2D eigenvalue weighted by Crippen LogP contribution is 2.40. The number of benzene rings is 3. The largest absolute Gasteiger partial charge is 0.864 e. The average Bonchev–Trinajstić information content (AvgIpc) is 2.72. The van der Waals surface area contributed by atoms with Crippen LogP contribution in [0, 0.1) is 0 Å². The summed E-state index contributed by atoms with van der Waals surface area (Å²) in [7, 11) is -2.46. The first-order chi connectivity index (χ1) is 15.8. The maximum atomic E-state index is 13.3. The molecule has 0 aliphatic heterocycles. The summed E-state index contributed by atoms with van der Waals surface area (Å²) < 4.78 is 135. The van der Waals surface area contributed by atoms with E-state index in [-0.39, 0.29) is 0 Å². The second-order valence-electron chi connectivity index (χ2n) is 6.62. The van der Waals surface area contributed by atoms with Crippen LogP contribution in [0.15, 0.2) is 72.8 Å². The Morgan fingerprint density at radius 2 is 0.647 bits per heavy atom. The summed E-state index contributed by atoms with van der Waals surface area (Å²) >= 11 is 0. The van der Waals surface area contributed by atoms with Crippen molar-refractivity contribution in [3.8, 4) is 17.2 Å². The lowest BCUT2D eigenvalue weighted by Gasteiger charge is -2.22. The predicted molar refractivity (Wildman–Crippen MR) is 102 cm³/mol. The van der Waals surface area contributed by atoms with Crippen molar-refractivity contribution in [1.82, 2.24) is 0 Å². The molecule has 0 saturated carbocycles. The second kappa shape index (κ2) is 9.39. The van der Waals surface area contributed by atoms with Gasteiger partial charge in [-0.15, -0.1) is 0 Å². The van der Waals surface area contributed by atoms with E-state index >= 15 is 0 Å². The molecule has 0 heterocycles. The molecule has 3 rings (SSSR count). The van der Waals surface area contributed by atoms with Gasteiger partial charge >= 0.3 is 25.9 Å². The molecule has 3 nitrogen and oxygen atoms in total. The SMILES string of the molecule is FC(F)(F)c1ccccc1OB(Oc1ccccc1C(F)(F)F)Oc1ccccc1C(F)(F)F. The first-order valence-corrected chi connectivity index (χ1v) is 9.25. The number of para-hydroxylation sites is 3. The standard InChI is InChI=1S/C21H12BF9O3/c23-19(24,25)13-7-1-4-10-16(13)32-22(33-17-11-5-2-8-14(17)20(26,27)28)34-18-12-6-3-9-15(18)21(29,30)31/h1-12H. The zero-order valence-corrected chi connectivity index (χ0v) is 16.6. The number of hydrogen-bond donors (Lipinski definition) is 0. The monoisotopic (exact) mass is 494 g/mol. The van der Waals surface area contributed by atoms with Gasteiger partial charge in [-0.3, -0.25) is 0 Å². The molecule has 180 valence electrons. The van der Waals surface area contributed by atoms with Gasteiger partial charge in [0.15, 0.2) is 0 Å². The van der Waals surface area contributed by atoms with Gasteiger partial charge in [0.05, 0.1) is 16.7 Å². The van der Waals surface area contributed by atoms with Gasteiger partial charge in [0.2, 0.25) is 0 Å². The van der Waals surface area contributed by atoms with Crippen molar-refractivity contribution in [1.29, 1.82) is 0 Å². The number of hydrogen-bond acceptors (Lipinski definition) is 3. The van der Waals surface area contributed by atoms with Gasteiger partial charge in [0.25, 0.3) is 0 Å². The van der Waals surface area contributed by atoms with E-state index in [1.54, 1.807) is 0 Å². The van der Waals surface area contributed by atoms with E-state index in [1.165, 1.54) is 0 Å². The number of halogens is 9. The van der Waals surface area contributed by atoms with E-state index in [0.29, 0.717) is 18.2 Å². The molecular weight excluding hydrogens is 482 g/mol. The Morgan fingerprint density at radius 1 is 0.412 bits per heavy atom. The fraction of sp³-hybridized carbons (Fsp3) is 0.143. The molecule has 3 aromatic rings. The van der Waals surface area contributed by atoms with Gasteiger partial charge in [-0.05, 0) is 36.4 Å². The van der Waals surface area contributed by atoms with Crippen molar-refractivity contribution in [3.63, 3.8) is 0 Å². The Balaban J connectivity index is 2.05. The summed E-state index contributed by atoms with van der Waals surface area (Å²) in [6, 6.07) is 10.7. The predicted octanol–water partition coefficient (Wildman–Crippen LogP) is 7.26. The van der Waals surface area contributed by atoms with Crippen LogP contribution in [0.3, 0.4) is 0 Å². The van der Waals surface area contributed by atoms with Gasteiger partial charge < -0.3 is 14.0 Å². The summed E-state index contributed by atoms with van der Waals surface area (Å²) in [5.74, 6) is -2.81. The van der Waals surface area contributed by atoms with E-state index < -0.39 is 59.8 Å². The van der Waals surface area contributed by atoms with Gasteiger partial charge in [-0.25, -0.2) is 0 Å². The van der Waals surface area contributed by atoms with Crippen LogP contribution < -0.4 is 14.0 Å². The van der Waals surface area contributed by atoms with Crippen LogP contribution >= 0.6 is 0 Å². The van der Waals surface area contributed by atoms with Crippen LogP contribution in [-0.4, -0.2) is 7.32 Å². The van der Waals surface area contributed by atoms with Gasteiger partial charge in [0.1, 0.15) is 17.2 Å². The maximum Gasteiger partial charge on any atom is 0.864 e. The molecule has 0 bridgehead atoms. The normalized spacial score (nSPS) is 12.3. The molecule has 3 aromatic carbocycles. The molecule has 0 aliphatic carbocycles. The number of alkyl halides is 9. The molecule has 0 radical (unpaired) electrons. The van der Waals surface area contributed by atoms with Gasteiger partial charge in [0, 0.05) is 0 Å². The second-order valence-corrected chi connectivity index (χ2v) is 6.62. The smallest absolute Gasteiger partial charge is 0.489 e. The highest BCUT2D eigenvalue weighted by Gasteiger charge is 2.42. The number of rotatable bonds is 6. The molecule has 0 aromatic heterocycles. The van der Waals surface area contributed by atoms with Crippen molar-refractivity contribution in [2.45, 2.75) is 18.5 Å². The van der Waals surface area contributed by atoms with E-state index in [0.717, 1.165) is 54.6 Å². The highest BCUT2D eigenvalue weighted by molar-refractivity contribution is 6.39. The molecule has 0 fully saturated rings. The van der Waals surface area contributed by atoms with Crippen LogP contribution in [0.4, 0.5) is 39.5 Å². The molecule has 0 unspecified atom stereocenters. The average molecular weight is 494 g/mol. The summed E-state index contributed by atoms with van der Waals surface area (Å²) in [5, 5.41) is 0. The summed E-state index contributed by atoms with van der Waals surface area (Å²) in [6.45, 7) is 0. The van der Waals surface area contributed by atoms with Crippen LogP contribution in [0.1, 0.15) is 16.7 Å². The molecule has 0 N–H and O–H groups in total. The molecule has 0 spiro atoms. The van der Waals surface area contributed by atoms with Crippen molar-refractivity contribution in [2.75, 3.05) is 0 Å². The molecular formula is C21H12BF9O3. The lowest BCUT2D eigenvalue weighted by atomic mass is 10.1. The lowest BCUT2D eigenvalue weighted by molar-refractivity contribution is -0.138. The Morgan fingerprint density at radius 3 is 0.882 bits per heavy atom. The third-order valence-electron chi connectivity index (χ3n) is 4.25. The van der Waals surface area contributed by atoms with Crippen LogP contribution in [-0.2, 0) is 18.5 Å². The van der Waals surface area contributed by atoms with E-state index in [4.69, 9.17) is 14.0 Å². The maximum absolute atomic E-state index is 13.3. The molecule has 0 saturated heterocycles. The lowest BCUT2D eigenvalue weighted by Crippen LogP contribution is -2.38. The van der Waals surface area contributed by atoms with Gasteiger partial charge in [-0.2, -0.15) is 39.5 Å². The summed E-state index contributed by atoms with van der Waals surface area (Å²) in [6.07, 6.45) is -14.8. The Kier molecular flexibility index (Phi) is 6.94. The van der Waals surface area contributed by atoms with E-state index in [1.807, 2.05) is 0 Å².